The van der Waals surface area contributed by atoms with E-state index < -0.39 is 0 Å². The summed E-state index contributed by atoms with van der Waals surface area (Å²) >= 11 is 0. The van der Waals surface area contributed by atoms with Gasteiger partial charge in [-0.05, 0) is 31.1 Å². The first-order valence-corrected chi connectivity index (χ1v) is 6.67. The number of aromatic amines is 1. The first-order chi connectivity index (χ1) is 9.70. The van der Waals surface area contributed by atoms with Crippen LogP contribution in [0, 0.1) is 0 Å². The maximum atomic E-state index is 12.1. The van der Waals surface area contributed by atoms with Gasteiger partial charge in [0.25, 0.3) is 0 Å². The van der Waals surface area contributed by atoms with Gasteiger partial charge >= 0.3 is 5.69 Å². The molecule has 104 valence electrons. The van der Waals surface area contributed by atoms with Crippen LogP contribution < -0.4 is 5.69 Å². The van der Waals surface area contributed by atoms with E-state index in [0.717, 1.165) is 18.4 Å². The summed E-state index contributed by atoms with van der Waals surface area (Å²) in [6.45, 7) is 4.75. The Bertz CT molecular complexity index is 715. The van der Waals surface area contributed by atoms with Gasteiger partial charge in [0.05, 0.1) is 11.6 Å². The molecule has 0 aliphatic carbocycles. The predicted octanol–water partition coefficient (Wildman–Crippen LogP) is 1.07. The van der Waals surface area contributed by atoms with Crippen molar-refractivity contribution < 1.29 is 4.79 Å². The van der Waals surface area contributed by atoms with Crippen molar-refractivity contribution in [1.82, 2.24) is 19.4 Å². The lowest BCUT2D eigenvalue weighted by Gasteiger charge is -2.32. The molecule has 0 spiro atoms. The van der Waals surface area contributed by atoms with Gasteiger partial charge < -0.3 is 9.88 Å². The van der Waals surface area contributed by atoms with Crippen molar-refractivity contribution >= 4 is 17.1 Å². The number of carbonyl (C=O) groups is 1. The molecule has 1 N–H and O–H groups in total. The molecule has 2 aromatic rings. The quantitative estimate of drug-likeness (QED) is 0.831. The van der Waals surface area contributed by atoms with Crippen LogP contribution in [0.4, 0.5) is 0 Å². The molecule has 0 aromatic carbocycles. The molecule has 0 saturated carbocycles. The summed E-state index contributed by atoms with van der Waals surface area (Å²) in [5, 5.41) is 0. The molecular weight excluding hydrogens is 256 g/mol. The smallest absolute Gasteiger partial charge is 0.327 e. The van der Waals surface area contributed by atoms with Crippen molar-refractivity contribution in [3.8, 4) is 0 Å². The molecule has 3 rings (SSSR count). The zero-order chi connectivity index (χ0) is 14.1. The number of imidazole rings is 1. The molecule has 6 nitrogen and oxygen atoms in total. The standard InChI is InChI=1S/C14H16N4O2/c1-2-12(19)17-8-4-5-10(9-17)18-13-11(16-14(18)20)6-3-7-15-13/h2-3,6-7,10H,1,4-5,8-9H2,(H,16,20). The minimum absolute atomic E-state index is 0.0381. The van der Waals surface area contributed by atoms with Crippen LogP contribution in [0.25, 0.3) is 11.2 Å². The normalized spacial score (nSPS) is 19.2. The van der Waals surface area contributed by atoms with E-state index in [4.69, 9.17) is 0 Å². The highest BCUT2D eigenvalue weighted by atomic mass is 16.2. The molecule has 1 unspecified atom stereocenters. The Labute approximate surface area is 115 Å². The van der Waals surface area contributed by atoms with Gasteiger partial charge in [0, 0.05) is 19.3 Å². The van der Waals surface area contributed by atoms with Gasteiger partial charge in [0.1, 0.15) is 0 Å². The van der Waals surface area contributed by atoms with E-state index >= 15 is 0 Å². The van der Waals surface area contributed by atoms with Crippen LogP contribution in [0.2, 0.25) is 0 Å². The van der Waals surface area contributed by atoms with Crippen LogP contribution in [0.5, 0.6) is 0 Å². The Morgan fingerprint density at radius 1 is 1.55 bits per heavy atom. The summed E-state index contributed by atoms with van der Waals surface area (Å²) in [6, 6.07) is 3.58. The lowest BCUT2D eigenvalue weighted by atomic mass is 10.1. The SMILES string of the molecule is C=CC(=O)N1CCCC(n2c(=O)[nH]c3cccnc32)C1. The Balaban J connectivity index is 1.98. The number of carbonyl (C=O) groups excluding carboxylic acids is 1. The van der Waals surface area contributed by atoms with Crippen LogP contribution in [-0.2, 0) is 4.79 Å². The Hall–Kier alpha value is -2.37. The topological polar surface area (TPSA) is 71.0 Å². The van der Waals surface area contributed by atoms with Crippen molar-refractivity contribution in [1.29, 1.82) is 0 Å². The summed E-state index contributed by atoms with van der Waals surface area (Å²) < 4.78 is 1.66. The van der Waals surface area contributed by atoms with Crippen LogP contribution >= 0.6 is 0 Å². The molecule has 0 bridgehead atoms. The fraction of sp³-hybridized carbons (Fsp3) is 0.357. The molecule has 2 aromatic heterocycles. The number of likely N-dealkylation sites (tertiary alicyclic amines) is 1. The van der Waals surface area contributed by atoms with E-state index in [2.05, 4.69) is 16.5 Å². The number of nitrogens with zero attached hydrogens (tertiary/aromatic N) is 3. The van der Waals surface area contributed by atoms with E-state index in [0.29, 0.717) is 18.7 Å². The second-order valence-electron chi connectivity index (χ2n) is 4.96. The highest BCUT2D eigenvalue weighted by Gasteiger charge is 2.26. The lowest BCUT2D eigenvalue weighted by Crippen LogP contribution is -2.41. The fourth-order valence-corrected chi connectivity index (χ4v) is 2.79. The largest absolute Gasteiger partial charge is 0.337 e. The molecule has 1 amide bonds. The summed E-state index contributed by atoms with van der Waals surface area (Å²) in [5.41, 5.74) is 1.21. The number of nitrogens with one attached hydrogen (secondary N) is 1. The van der Waals surface area contributed by atoms with Gasteiger partial charge in [-0.15, -0.1) is 0 Å². The van der Waals surface area contributed by atoms with Crippen molar-refractivity contribution in [3.05, 3.63) is 41.5 Å². The maximum absolute atomic E-state index is 12.1. The minimum atomic E-state index is -0.170. The van der Waals surface area contributed by atoms with Crippen molar-refractivity contribution in [2.75, 3.05) is 13.1 Å². The number of amides is 1. The molecule has 20 heavy (non-hydrogen) atoms. The first kappa shape index (κ1) is 12.7. The van der Waals surface area contributed by atoms with Gasteiger partial charge in [-0.2, -0.15) is 0 Å². The summed E-state index contributed by atoms with van der Waals surface area (Å²) in [7, 11) is 0. The van der Waals surface area contributed by atoms with Gasteiger partial charge in [0.15, 0.2) is 5.65 Å². The number of pyridine rings is 1. The Morgan fingerprint density at radius 2 is 2.40 bits per heavy atom. The number of hydrogen-bond acceptors (Lipinski definition) is 3. The van der Waals surface area contributed by atoms with Gasteiger partial charge in [-0.25, -0.2) is 9.78 Å². The third kappa shape index (κ3) is 2.03. The van der Waals surface area contributed by atoms with Crippen molar-refractivity contribution in [2.45, 2.75) is 18.9 Å². The molecule has 1 fully saturated rings. The van der Waals surface area contributed by atoms with Gasteiger partial charge in [0.2, 0.25) is 5.91 Å². The average molecular weight is 272 g/mol. The molecule has 3 heterocycles. The van der Waals surface area contributed by atoms with Gasteiger partial charge in [-0.1, -0.05) is 6.58 Å². The molecule has 1 saturated heterocycles. The molecule has 1 aliphatic heterocycles. The van der Waals surface area contributed by atoms with Crippen LogP contribution in [0.3, 0.4) is 0 Å². The Kier molecular flexibility index (Phi) is 3.14. The molecule has 1 atom stereocenters. The zero-order valence-electron chi connectivity index (χ0n) is 11.1. The number of H-pyrrole nitrogens is 1. The maximum Gasteiger partial charge on any atom is 0.327 e. The molecular formula is C14H16N4O2. The Morgan fingerprint density at radius 3 is 3.20 bits per heavy atom. The molecule has 0 radical (unpaired) electrons. The molecule has 6 heteroatoms. The number of hydrogen-bond donors (Lipinski definition) is 1. The predicted molar refractivity (Wildman–Crippen MR) is 75.4 cm³/mol. The number of fused-ring (bicyclic) bond motifs is 1. The second kappa shape index (κ2) is 4.96. The molecule has 1 aliphatic rings. The fourth-order valence-electron chi connectivity index (χ4n) is 2.79. The van der Waals surface area contributed by atoms with Crippen LogP contribution in [-0.4, -0.2) is 38.4 Å². The third-order valence-electron chi connectivity index (χ3n) is 3.72. The summed E-state index contributed by atoms with van der Waals surface area (Å²) in [6.07, 6.45) is 4.72. The van der Waals surface area contributed by atoms with E-state index in [1.54, 1.807) is 21.7 Å². The van der Waals surface area contributed by atoms with Crippen molar-refractivity contribution in [2.24, 2.45) is 0 Å². The van der Waals surface area contributed by atoms with Crippen LogP contribution in [0.1, 0.15) is 18.9 Å². The third-order valence-corrected chi connectivity index (χ3v) is 3.72. The van der Waals surface area contributed by atoms with E-state index in [-0.39, 0.29) is 17.6 Å². The van der Waals surface area contributed by atoms with E-state index in [9.17, 15) is 9.59 Å². The van der Waals surface area contributed by atoms with Gasteiger partial charge in [-0.3, -0.25) is 9.36 Å². The highest BCUT2D eigenvalue weighted by molar-refractivity contribution is 5.87. The van der Waals surface area contributed by atoms with E-state index in [1.165, 1.54) is 6.08 Å². The monoisotopic (exact) mass is 272 g/mol. The second-order valence-corrected chi connectivity index (χ2v) is 4.96. The average Bonchev–Trinajstić information content (AvgIpc) is 2.82. The zero-order valence-corrected chi connectivity index (χ0v) is 11.1. The number of rotatable bonds is 2. The minimum Gasteiger partial charge on any atom is -0.337 e. The summed E-state index contributed by atoms with van der Waals surface area (Å²) in [4.78, 5) is 32.7. The van der Waals surface area contributed by atoms with E-state index in [1.807, 2.05) is 6.07 Å². The lowest BCUT2D eigenvalue weighted by molar-refractivity contribution is -0.127. The first-order valence-electron chi connectivity index (χ1n) is 6.67. The number of piperidine rings is 1. The highest BCUT2D eigenvalue weighted by Crippen LogP contribution is 2.23. The van der Waals surface area contributed by atoms with Crippen molar-refractivity contribution in [3.63, 3.8) is 0 Å². The summed E-state index contributed by atoms with van der Waals surface area (Å²) in [5.74, 6) is -0.0875. The number of aromatic nitrogens is 3. The van der Waals surface area contributed by atoms with Crippen LogP contribution in [0.15, 0.2) is 35.8 Å².